The van der Waals surface area contributed by atoms with Gasteiger partial charge >= 0.3 is 5.97 Å². The number of amides is 4. The van der Waals surface area contributed by atoms with Crippen LogP contribution < -0.4 is 21.4 Å². The number of aliphatic hydroxyl groups is 2. The number of carbonyl (C=O) groups is 6. The van der Waals surface area contributed by atoms with Crippen molar-refractivity contribution in [1.29, 1.82) is 0 Å². The van der Waals surface area contributed by atoms with Crippen LogP contribution in [0.4, 0.5) is 0 Å². The molecular formula is C46H65N5O10. The first-order valence-electron chi connectivity index (χ1n) is 21.6. The van der Waals surface area contributed by atoms with E-state index in [9.17, 15) is 44.1 Å². The Bertz CT molecular complexity index is 1820. The smallest absolute Gasteiger partial charge is 0.325 e. The summed E-state index contributed by atoms with van der Waals surface area (Å²) >= 11 is 0. The molecule has 1 aromatic carbocycles. The number of phenolic OH excluding ortho intramolecular Hbond substituents is 1. The molecule has 8 atom stereocenters. The minimum Gasteiger partial charge on any atom is -0.508 e. The highest BCUT2D eigenvalue weighted by Crippen LogP contribution is 2.26. The molecule has 334 valence electrons. The number of ether oxygens (including phenoxy) is 1. The fourth-order valence-electron chi connectivity index (χ4n) is 7.75. The maximum atomic E-state index is 14.4. The van der Waals surface area contributed by atoms with Crippen molar-refractivity contribution in [2.75, 3.05) is 6.54 Å². The van der Waals surface area contributed by atoms with Gasteiger partial charge in [-0.1, -0.05) is 88.6 Å². The molecule has 15 nitrogen and oxygen atoms in total. The SMILES string of the molecule is CC(=O)CC[C@H]1C(=O)N[C@@H](C(C)C)C(=O)NC(c2cccc(O)c2)C(=O)N2CCCC(N2)C(=O)O[C@H](/C(C)=C/C=C/C(=O)NC2CCCCC2)C/C=C/C=C/[C@H](O)[C@H](C)[C@H]1O. The first kappa shape index (κ1) is 48.5. The van der Waals surface area contributed by atoms with Gasteiger partial charge in [0.15, 0.2) is 0 Å². The Morgan fingerprint density at radius 1 is 0.984 bits per heavy atom. The van der Waals surface area contributed by atoms with Crippen LogP contribution in [0.3, 0.4) is 0 Å². The molecule has 1 aliphatic carbocycles. The van der Waals surface area contributed by atoms with E-state index in [0.29, 0.717) is 18.4 Å². The van der Waals surface area contributed by atoms with Crippen LogP contribution in [0.1, 0.15) is 110 Å². The van der Waals surface area contributed by atoms with Gasteiger partial charge in [0, 0.05) is 37.4 Å². The summed E-state index contributed by atoms with van der Waals surface area (Å²) in [5.74, 6) is -5.84. The summed E-state index contributed by atoms with van der Waals surface area (Å²) in [7, 11) is 0. The molecule has 0 spiro atoms. The Kier molecular flexibility index (Phi) is 18.9. The number of aliphatic hydroxyl groups excluding tert-OH is 2. The van der Waals surface area contributed by atoms with Gasteiger partial charge < -0.3 is 40.8 Å². The molecule has 1 saturated heterocycles. The Morgan fingerprint density at radius 3 is 2.41 bits per heavy atom. The number of rotatable bonds is 9. The lowest BCUT2D eigenvalue weighted by Gasteiger charge is -2.36. The molecule has 1 saturated carbocycles. The van der Waals surface area contributed by atoms with E-state index in [1.54, 1.807) is 64.1 Å². The van der Waals surface area contributed by atoms with Crippen molar-refractivity contribution in [2.45, 2.75) is 141 Å². The molecule has 7 N–H and O–H groups in total. The van der Waals surface area contributed by atoms with Crippen molar-refractivity contribution in [3.8, 4) is 5.75 Å². The minimum atomic E-state index is -1.43. The van der Waals surface area contributed by atoms with Gasteiger partial charge in [0.1, 0.15) is 35.8 Å². The number of ketones is 1. The van der Waals surface area contributed by atoms with Gasteiger partial charge in [0.25, 0.3) is 5.91 Å². The fraction of sp³-hybridized carbons (Fsp3) is 0.565. The third-order valence-corrected chi connectivity index (χ3v) is 11.6. The van der Waals surface area contributed by atoms with Gasteiger partial charge in [-0.3, -0.25) is 29.0 Å². The average Bonchev–Trinajstić information content (AvgIpc) is 3.23. The number of nitrogens with zero attached hydrogens (tertiary/aromatic N) is 1. The second-order valence-electron chi connectivity index (χ2n) is 16.9. The van der Waals surface area contributed by atoms with Crippen molar-refractivity contribution in [2.24, 2.45) is 17.8 Å². The van der Waals surface area contributed by atoms with Gasteiger partial charge in [-0.05, 0) is 75.1 Å². The number of fused-ring (bicyclic) bond motifs is 2. The van der Waals surface area contributed by atoms with Crippen LogP contribution in [0.15, 0.2) is 72.4 Å². The molecule has 4 rings (SSSR count). The van der Waals surface area contributed by atoms with Gasteiger partial charge in [-0.15, -0.1) is 0 Å². The van der Waals surface area contributed by atoms with Gasteiger partial charge in [0.05, 0.1) is 18.1 Å². The van der Waals surface area contributed by atoms with E-state index in [0.717, 1.165) is 25.7 Å². The molecule has 2 fully saturated rings. The number of cyclic esters (lactones) is 1. The summed E-state index contributed by atoms with van der Waals surface area (Å²) in [5.41, 5.74) is 3.87. The number of esters is 1. The van der Waals surface area contributed by atoms with E-state index in [4.69, 9.17) is 4.74 Å². The quantitative estimate of drug-likeness (QED) is 0.107. The number of hydrogen-bond donors (Lipinski definition) is 7. The van der Waals surface area contributed by atoms with Crippen LogP contribution in [0, 0.1) is 17.8 Å². The zero-order valence-corrected chi connectivity index (χ0v) is 36.0. The third-order valence-electron chi connectivity index (χ3n) is 11.6. The summed E-state index contributed by atoms with van der Waals surface area (Å²) in [6, 6.07) is 2.46. The standard InChI is InChI=1S/C46H65N5O10/c1-28(2)40-44(58)49-41(32-16-13-19-34(53)27-32)45(59)51-26-14-20-36(50-51)46(60)61-38(29(3)15-12-23-39(55)47-33-17-8-6-9-18-33)22-11-7-10-21-37(54)31(5)42(56)35(43(57)48-40)25-24-30(4)52/h7,10-13,15-16,19,21,23,27-28,31,33,35-38,40-42,50,53-54,56H,6,8-9,14,17-18,20,22,24-26H2,1-5H3,(H,47,55)(H,48,57)(H,49,58)/b11-7+,21-10+,23-12+,29-15+/t31-,35+,36?,37-,38-,40-,41?,42+/m0/s1. The lowest BCUT2D eigenvalue weighted by atomic mass is 9.84. The molecule has 61 heavy (non-hydrogen) atoms. The van der Waals surface area contributed by atoms with Gasteiger partial charge in [0.2, 0.25) is 17.7 Å². The van der Waals surface area contributed by atoms with Crippen molar-refractivity contribution in [3.63, 3.8) is 0 Å². The zero-order chi connectivity index (χ0) is 44.6. The summed E-state index contributed by atoms with van der Waals surface area (Å²) < 4.78 is 6.06. The lowest BCUT2D eigenvalue weighted by molar-refractivity contribution is -0.156. The molecular weight excluding hydrogens is 783 g/mol. The Labute approximate surface area is 359 Å². The van der Waals surface area contributed by atoms with Crippen LogP contribution in [0.2, 0.25) is 0 Å². The second-order valence-corrected chi connectivity index (χ2v) is 16.9. The monoisotopic (exact) mass is 847 g/mol. The van der Waals surface area contributed by atoms with Crippen LogP contribution >= 0.6 is 0 Å². The molecule has 0 radical (unpaired) electrons. The topological polar surface area (TPSA) is 224 Å². The van der Waals surface area contributed by atoms with Crippen LogP contribution in [0.25, 0.3) is 0 Å². The molecule has 1 aromatic rings. The van der Waals surface area contributed by atoms with Crippen LogP contribution in [-0.4, -0.2) is 98.7 Å². The lowest BCUT2D eigenvalue weighted by Crippen LogP contribution is -2.59. The molecule has 3 aliphatic rings. The Hall–Kier alpha value is -5.12. The van der Waals surface area contributed by atoms with Crippen LogP contribution in [-0.2, 0) is 33.5 Å². The van der Waals surface area contributed by atoms with Crippen molar-refractivity contribution in [3.05, 3.63) is 77.9 Å². The zero-order valence-electron chi connectivity index (χ0n) is 36.0. The maximum absolute atomic E-state index is 14.4. The van der Waals surface area contributed by atoms with Crippen LogP contribution in [0.5, 0.6) is 5.75 Å². The summed E-state index contributed by atoms with van der Waals surface area (Å²) in [5, 5.41) is 42.7. The molecule has 4 amide bonds. The van der Waals surface area contributed by atoms with E-state index in [1.807, 2.05) is 0 Å². The molecule has 2 aliphatic heterocycles. The number of aromatic hydroxyl groups is 1. The first-order valence-corrected chi connectivity index (χ1v) is 21.6. The number of hydrogen-bond acceptors (Lipinski definition) is 11. The average molecular weight is 848 g/mol. The number of allylic oxidation sites excluding steroid dienone is 4. The van der Waals surface area contributed by atoms with E-state index in [1.165, 1.54) is 48.7 Å². The number of phenols is 1. The number of carbonyl (C=O) groups excluding carboxylic acids is 6. The summed E-state index contributed by atoms with van der Waals surface area (Å²) in [6.45, 7) is 8.29. The number of benzene rings is 1. The Morgan fingerprint density at radius 2 is 1.72 bits per heavy atom. The van der Waals surface area contributed by atoms with E-state index in [-0.39, 0.29) is 54.9 Å². The van der Waals surface area contributed by atoms with Gasteiger partial charge in [-0.2, -0.15) is 0 Å². The predicted molar refractivity (Wildman–Crippen MR) is 229 cm³/mol. The largest absolute Gasteiger partial charge is 0.508 e. The van der Waals surface area contributed by atoms with Crippen molar-refractivity contribution >= 4 is 35.4 Å². The highest BCUT2D eigenvalue weighted by Gasteiger charge is 2.39. The summed E-state index contributed by atoms with van der Waals surface area (Å²) in [4.78, 5) is 80.9. The molecule has 2 bridgehead atoms. The second kappa shape index (κ2) is 23.8. The third kappa shape index (κ3) is 14.8. The highest BCUT2D eigenvalue weighted by atomic mass is 16.5. The van der Waals surface area contributed by atoms with Gasteiger partial charge in [-0.25, -0.2) is 5.43 Å². The Balaban J connectivity index is 1.69. The molecule has 2 heterocycles. The predicted octanol–water partition coefficient (Wildman–Crippen LogP) is 3.91. The van der Waals surface area contributed by atoms with E-state index in [2.05, 4.69) is 21.4 Å². The van der Waals surface area contributed by atoms with Crippen molar-refractivity contribution in [1.82, 2.24) is 26.4 Å². The first-order chi connectivity index (χ1) is 29.0. The number of nitrogens with one attached hydrogen (secondary N) is 4. The fourth-order valence-corrected chi connectivity index (χ4v) is 7.75. The van der Waals surface area contributed by atoms with E-state index >= 15 is 0 Å². The number of hydrazine groups is 1. The molecule has 15 heteroatoms. The minimum absolute atomic E-state index is 0.0317. The summed E-state index contributed by atoms with van der Waals surface area (Å²) in [6.07, 6.45) is 13.9. The normalized spacial score (nSPS) is 29.4. The van der Waals surface area contributed by atoms with E-state index < -0.39 is 77.9 Å². The molecule has 2 unspecified atom stereocenters. The number of Topliss-reactive ketones (excluding diaryl/α,β-unsaturated/α-hetero) is 1. The maximum Gasteiger partial charge on any atom is 0.325 e. The molecule has 0 aromatic heterocycles. The van der Waals surface area contributed by atoms with Crippen molar-refractivity contribution < 1.29 is 48.8 Å². The highest BCUT2D eigenvalue weighted by molar-refractivity contribution is 5.93.